The molecule has 1 N–H and O–H groups in total. The summed E-state index contributed by atoms with van der Waals surface area (Å²) in [6, 6.07) is 8.56. The second-order valence-corrected chi connectivity index (χ2v) is 4.38. The molecule has 1 aromatic rings. The molecule has 1 atom stereocenters. The van der Waals surface area contributed by atoms with E-state index in [9.17, 15) is 5.11 Å². The zero-order valence-electron chi connectivity index (χ0n) is 10.6. The molecule has 1 rings (SSSR count). The van der Waals surface area contributed by atoms with E-state index in [-0.39, 0.29) is 6.10 Å². The SMILES string of the molecule is CCC(O)CN(CC)Cc1cccc(C)c1. The highest BCUT2D eigenvalue weighted by Crippen LogP contribution is 2.08. The monoisotopic (exact) mass is 221 g/mol. The Morgan fingerprint density at radius 1 is 1.31 bits per heavy atom. The smallest absolute Gasteiger partial charge is 0.0664 e. The van der Waals surface area contributed by atoms with Crippen LogP contribution in [0, 0.1) is 6.92 Å². The number of hydrogen-bond acceptors (Lipinski definition) is 2. The number of aryl methyl sites for hydroxylation is 1. The van der Waals surface area contributed by atoms with Crippen LogP contribution in [0.2, 0.25) is 0 Å². The molecule has 0 aromatic heterocycles. The molecule has 0 amide bonds. The second kappa shape index (κ2) is 6.66. The fourth-order valence-electron chi connectivity index (χ4n) is 1.80. The van der Waals surface area contributed by atoms with Gasteiger partial charge in [0.05, 0.1) is 6.10 Å². The molecule has 1 aromatic carbocycles. The molecule has 0 saturated heterocycles. The lowest BCUT2D eigenvalue weighted by Gasteiger charge is -2.23. The van der Waals surface area contributed by atoms with E-state index in [0.29, 0.717) is 0 Å². The third-order valence-electron chi connectivity index (χ3n) is 2.88. The quantitative estimate of drug-likeness (QED) is 0.798. The van der Waals surface area contributed by atoms with Gasteiger partial charge >= 0.3 is 0 Å². The molecule has 1 unspecified atom stereocenters. The molecule has 16 heavy (non-hydrogen) atoms. The van der Waals surface area contributed by atoms with E-state index in [4.69, 9.17) is 0 Å². The van der Waals surface area contributed by atoms with E-state index in [1.165, 1.54) is 11.1 Å². The van der Waals surface area contributed by atoms with E-state index >= 15 is 0 Å². The fraction of sp³-hybridized carbons (Fsp3) is 0.571. The number of aliphatic hydroxyl groups excluding tert-OH is 1. The first-order chi connectivity index (χ1) is 7.65. The van der Waals surface area contributed by atoms with Crippen LogP contribution in [0.5, 0.6) is 0 Å². The van der Waals surface area contributed by atoms with Gasteiger partial charge in [-0.3, -0.25) is 4.90 Å². The maximum Gasteiger partial charge on any atom is 0.0664 e. The van der Waals surface area contributed by atoms with Crippen LogP contribution in [0.25, 0.3) is 0 Å². The number of hydrogen-bond donors (Lipinski definition) is 1. The molecule has 0 aliphatic heterocycles. The Kier molecular flexibility index (Phi) is 5.50. The molecule has 0 aliphatic rings. The molecule has 0 saturated carbocycles. The van der Waals surface area contributed by atoms with Crippen molar-refractivity contribution in [2.75, 3.05) is 13.1 Å². The Morgan fingerprint density at radius 3 is 2.62 bits per heavy atom. The number of aliphatic hydroxyl groups is 1. The first kappa shape index (κ1) is 13.2. The van der Waals surface area contributed by atoms with Gasteiger partial charge in [-0.15, -0.1) is 0 Å². The van der Waals surface area contributed by atoms with E-state index in [1.807, 2.05) is 6.92 Å². The Hall–Kier alpha value is -0.860. The van der Waals surface area contributed by atoms with Crippen LogP contribution in [0.3, 0.4) is 0 Å². The average molecular weight is 221 g/mol. The molecule has 2 nitrogen and oxygen atoms in total. The zero-order chi connectivity index (χ0) is 12.0. The number of benzene rings is 1. The normalized spacial score (nSPS) is 13.1. The number of nitrogens with zero attached hydrogens (tertiary/aromatic N) is 1. The Labute approximate surface area is 98.9 Å². The highest BCUT2D eigenvalue weighted by Gasteiger charge is 2.08. The highest BCUT2D eigenvalue weighted by molar-refractivity contribution is 5.22. The molecular formula is C14H23NO. The minimum atomic E-state index is -0.204. The van der Waals surface area contributed by atoms with Crippen molar-refractivity contribution >= 4 is 0 Å². The molecule has 0 heterocycles. The highest BCUT2D eigenvalue weighted by atomic mass is 16.3. The maximum absolute atomic E-state index is 9.65. The Bertz CT molecular complexity index is 311. The molecule has 0 fully saturated rings. The van der Waals surface area contributed by atoms with Crippen LogP contribution in [0.4, 0.5) is 0 Å². The first-order valence-corrected chi connectivity index (χ1v) is 6.11. The van der Waals surface area contributed by atoms with Crippen LogP contribution in [-0.4, -0.2) is 29.2 Å². The summed E-state index contributed by atoms with van der Waals surface area (Å²) >= 11 is 0. The van der Waals surface area contributed by atoms with Gasteiger partial charge in [0.15, 0.2) is 0 Å². The minimum absolute atomic E-state index is 0.204. The predicted octanol–water partition coefficient (Wildman–Crippen LogP) is 2.59. The summed E-state index contributed by atoms with van der Waals surface area (Å²) in [5.41, 5.74) is 2.62. The van der Waals surface area contributed by atoms with Crippen LogP contribution >= 0.6 is 0 Å². The molecule has 90 valence electrons. The van der Waals surface area contributed by atoms with Gasteiger partial charge in [0.2, 0.25) is 0 Å². The van der Waals surface area contributed by atoms with Crippen LogP contribution in [0.1, 0.15) is 31.4 Å². The van der Waals surface area contributed by atoms with Gasteiger partial charge in [-0.2, -0.15) is 0 Å². The lowest BCUT2D eigenvalue weighted by atomic mass is 10.1. The average Bonchev–Trinajstić information content (AvgIpc) is 2.28. The molecular weight excluding hydrogens is 198 g/mol. The van der Waals surface area contributed by atoms with Crippen molar-refractivity contribution in [1.82, 2.24) is 4.90 Å². The van der Waals surface area contributed by atoms with Crippen LogP contribution in [-0.2, 0) is 6.54 Å². The van der Waals surface area contributed by atoms with Gasteiger partial charge in [0.25, 0.3) is 0 Å². The van der Waals surface area contributed by atoms with Crippen LogP contribution in [0.15, 0.2) is 24.3 Å². The molecule has 2 heteroatoms. The van der Waals surface area contributed by atoms with Crippen molar-refractivity contribution in [1.29, 1.82) is 0 Å². The van der Waals surface area contributed by atoms with Gasteiger partial charge < -0.3 is 5.11 Å². The Balaban J connectivity index is 2.56. The van der Waals surface area contributed by atoms with Gasteiger partial charge in [-0.1, -0.05) is 43.7 Å². The summed E-state index contributed by atoms with van der Waals surface area (Å²) in [5, 5.41) is 9.65. The topological polar surface area (TPSA) is 23.5 Å². The van der Waals surface area contributed by atoms with Crippen molar-refractivity contribution in [2.24, 2.45) is 0 Å². The summed E-state index contributed by atoms with van der Waals surface area (Å²) in [6.07, 6.45) is 0.620. The third kappa shape index (κ3) is 4.33. The van der Waals surface area contributed by atoms with E-state index < -0.39 is 0 Å². The maximum atomic E-state index is 9.65. The largest absolute Gasteiger partial charge is 0.392 e. The second-order valence-electron chi connectivity index (χ2n) is 4.38. The summed E-state index contributed by atoms with van der Waals surface area (Å²) in [6.45, 7) is 8.94. The summed E-state index contributed by atoms with van der Waals surface area (Å²) in [7, 11) is 0. The van der Waals surface area contributed by atoms with E-state index in [1.54, 1.807) is 0 Å². The van der Waals surface area contributed by atoms with Crippen molar-refractivity contribution in [3.63, 3.8) is 0 Å². The molecule has 0 bridgehead atoms. The molecule has 0 aliphatic carbocycles. The van der Waals surface area contributed by atoms with Gasteiger partial charge in [0, 0.05) is 13.1 Å². The minimum Gasteiger partial charge on any atom is -0.392 e. The van der Waals surface area contributed by atoms with Crippen molar-refractivity contribution in [3.8, 4) is 0 Å². The van der Waals surface area contributed by atoms with Gasteiger partial charge in [0.1, 0.15) is 0 Å². The third-order valence-corrected chi connectivity index (χ3v) is 2.88. The van der Waals surface area contributed by atoms with Crippen LogP contribution < -0.4 is 0 Å². The Morgan fingerprint density at radius 2 is 2.06 bits per heavy atom. The lowest BCUT2D eigenvalue weighted by molar-refractivity contribution is 0.108. The van der Waals surface area contributed by atoms with Crippen molar-refractivity contribution in [3.05, 3.63) is 35.4 Å². The van der Waals surface area contributed by atoms with Gasteiger partial charge in [-0.25, -0.2) is 0 Å². The van der Waals surface area contributed by atoms with Gasteiger partial charge in [-0.05, 0) is 25.5 Å². The van der Waals surface area contributed by atoms with E-state index in [2.05, 4.69) is 43.0 Å². The summed E-state index contributed by atoms with van der Waals surface area (Å²) in [5.74, 6) is 0. The summed E-state index contributed by atoms with van der Waals surface area (Å²) in [4.78, 5) is 2.28. The van der Waals surface area contributed by atoms with Crippen molar-refractivity contribution < 1.29 is 5.11 Å². The molecule has 0 spiro atoms. The molecule has 0 radical (unpaired) electrons. The summed E-state index contributed by atoms with van der Waals surface area (Å²) < 4.78 is 0. The lowest BCUT2D eigenvalue weighted by Crippen LogP contribution is -2.31. The fourth-order valence-corrected chi connectivity index (χ4v) is 1.80. The zero-order valence-corrected chi connectivity index (χ0v) is 10.6. The predicted molar refractivity (Wildman–Crippen MR) is 68.4 cm³/mol. The van der Waals surface area contributed by atoms with Crippen molar-refractivity contribution in [2.45, 2.75) is 39.8 Å². The van der Waals surface area contributed by atoms with E-state index in [0.717, 1.165) is 26.1 Å². The standard InChI is InChI=1S/C14H23NO/c1-4-14(16)11-15(5-2)10-13-8-6-7-12(3)9-13/h6-9,14,16H,4-5,10-11H2,1-3H3. The number of likely N-dealkylation sites (N-methyl/N-ethyl adjacent to an activating group) is 1. The first-order valence-electron chi connectivity index (χ1n) is 6.11. The number of rotatable bonds is 6.